The minimum Gasteiger partial charge on any atom is -0.381 e. The Kier molecular flexibility index (Phi) is 5.58. The molecule has 0 saturated carbocycles. The van der Waals surface area contributed by atoms with E-state index in [0.29, 0.717) is 11.1 Å². The summed E-state index contributed by atoms with van der Waals surface area (Å²) < 4.78 is 0. The highest BCUT2D eigenvalue weighted by Gasteiger charge is 2.27. The van der Waals surface area contributed by atoms with Crippen molar-refractivity contribution in [2.75, 3.05) is 38.5 Å². The summed E-state index contributed by atoms with van der Waals surface area (Å²) in [4.78, 5) is 15.4. The van der Waals surface area contributed by atoms with Crippen molar-refractivity contribution < 1.29 is 4.92 Å². The monoisotopic (exact) mass is 352 g/mol. The normalized spacial score (nSPS) is 21.8. The molecule has 0 amide bonds. The van der Waals surface area contributed by atoms with E-state index < -0.39 is 4.92 Å². The van der Waals surface area contributed by atoms with Crippen LogP contribution in [0.5, 0.6) is 0 Å². The summed E-state index contributed by atoms with van der Waals surface area (Å²) in [5, 5.41) is 14.7. The molecular formula is C17H25ClN4O2. The number of nitro groups is 1. The Bertz CT molecular complexity index is 582. The first-order chi connectivity index (χ1) is 11.5. The van der Waals surface area contributed by atoms with Gasteiger partial charge in [-0.1, -0.05) is 11.6 Å². The van der Waals surface area contributed by atoms with Gasteiger partial charge in [-0.2, -0.15) is 0 Å². The van der Waals surface area contributed by atoms with Crippen molar-refractivity contribution in [3.8, 4) is 0 Å². The Morgan fingerprint density at radius 2 is 1.83 bits per heavy atom. The van der Waals surface area contributed by atoms with Gasteiger partial charge in [-0.3, -0.25) is 10.1 Å². The number of rotatable bonds is 4. The number of likely N-dealkylation sites (tertiary alicyclic amines) is 2. The minimum absolute atomic E-state index is 0.0302. The molecule has 6 nitrogen and oxygen atoms in total. The number of nitrogens with one attached hydrogen (secondary N) is 1. The average Bonchev–Trinajstić information content (AvgIpc) is 2.58. The van der Waals surface area contributed by atoms with Crippen molar-refractivity contribution in [1.82, 2.24) is 9.80 Å². The van der Waals surface area contributed by atoms with Crippen molar-refractivity contribution in [1.29, 1.82) is 0 Å². The zero-order chi connectivity index (χ0) is 17.1. The summed E-state index contributed by atoms with van der Waals surface area (Å²) in [7, 11) is 2.19. The summed E-state index contributed by atoms with van der Waals surface area (Å²) in [6, 6.07) is 5.74. The van der Waals surface area contributed by atoms with Crippen molar-refractivity contribution in [3.05, 3.63) is 33.3 Å². The first kappa shape index (κ1) is 17.5. The summed E-state index contributed by atoms with van der Waals surface area (Å²) in [6.07, 6.45) is 4.70. The van der Waals surface area contributed by atoms with Gasteiger partial charge < -0.3 is 15.1 Å². The first-order valence-electron chi connectivity index (χ1n) is 8.66. The van der Waals surface area contributed by atoms with Crippen LogP contribution in [-0.4, -0.2) is 60.0 Å². The van der Waals surface area contributed by atoms with Gasteiger partial charge in [-0.25, -0.2) is 0 Å². The molecule has 2 aliphatic rings. The van der Waals surface area contributed by atoms with E-state index in [1.54, 1.807) is 6.07 Å². The van der Waals surface area contributed by atoms with Crippen LogP contribution in [0.25, 0.3) is 0 Å². The molecule has 24 heavy (non-hydrogen) atoms. The van der Waals surface area contributed by atoms with Gasteiger partial charge >= 0.3 is 0 Å². The van der Waals surface area contributed by atoms with Gasteiger partial charge in [-0.15, -0.1) is 0 Å². The van der Waals surface area contributed by atoms with Crippen LogP contribution in [0.15, 0.2) is 18.2 Å². The molecule has 0 aromatic heterocycles. The second-order valence-corrected chi connectivity index (χ2v) is 7.32. The molecule has 2 heterocycles. The highest BCUT2D eigenvalue weighted by molar-refractivity contribution is 6.33. The van der Waals surface area contributed by atoms with E-state index in [2.05, 4.69) is 22.2 Å². The van der Waals surface area contributed by atoms with E-state index in [0.717, 1.165) is 37.7 Å². The van der Waals surface area contributed by atoms with Crippen molar-refractivity contribution in [3.63, 3.8) is 0 Å². The summed E-state index contributed by atoms with van der Waals surface area (Å²) in [5.74, 6) is 0. The standard InChI is InChI=1S/C17H25ClN4O2/c1-20-8-6-14(7-9-20)21-10-4-13(5-11-21)19-17-3-2-15(22(23)24)12-16(17)18/h2-3,12-14,19H,4-11H2,1H3. The Morgan fingerprint density at radius 1 is 1.17 bits per heavy atom. The molecule has 0 radical (unpaired) electrons. The number of anilines is 1. The Morgan fingerprint density at radius 3 is 2.42 bits per heavy atom. The maximum Gasteiger partial charge on any atom is 0.271 e. The van der Waals surface area contributed by atoms with Crippen LogP contribution in [-0.2, 0) is 0 Å². The molecule has 0 aliphatic carbocycles. The third kappa shape index (κ3) is 4.18. The first-order valence-corrected chi connectivity index (χ1v) is 9.04. The van der Waals surface area contributed by atoms with Gasteiger partial charge in [-0.05, 0) is 51.9 Å². The van der Waals surface area contributed by atoms with E-state index in [1.165, 1.54) is 38.1 Å². The summed E-state index contributed by atoms with van der Waals surface area (Å²) in [6.45, 7) is 4.61. The maximum absolute atomic E-state index is 10.8. The fourth-order valence-electron chi connectivity index (χ4n) is 3.72. The number of nitro benzene ring substituents is 1. The third-order valence-electron chi connectivity index (χ3n) is 5.26. The lowest BCUT2D eigenvalue weighted by atomic mass is 9.98. The van der Waals surface area contributed by atoms with Gasteiger partial charge in [0.2, 0.25) is 0 Å². The third-order valence-corrected chi connectivity index (χ3v) is 5.57. The Balaban J connectivity index is 1.51. The highest BCUT2D eigenvalue weighted by Crippen LogP contribution is 2.29. The van der Waals surface area contributed by atoms with Crippen LogP contribution in [0.4, 0.5) is 11.4 Å². The number of halogens is 1. The molecule has 0 bridgehead atoms. The van der Waals surface area contributed by atoms with Crippen LogP contribution in [0.3, 0.4) is 0 Å². The average molecular weight is 353 g/mol. The molecule has 3 rings (SSSR count). The number of non-ortho nitro benzene ring substituents is 1. The molecule has 1 N–H and O–H groups in total. The maximum atomic E-state index is 10.8. The number of nitrogens with zero attached hydrogens (tertiary/aromatic N) is 3. The van der Waals surface area contributed by atoms with Crippen LogP contribution < -0.4 is 5.32 Å². The number of benzene rings is 1. The van der Waals surface area contributed by atoms with Crippen molar-refractivity contribution in [2.45, 2.75) is 37.8 Å². The van der Waals surface area contributed by atoms with Crippen LogP contribution >= 0.6 is 11.6 Å². The summed E-state index contributed by atoms with van der Waals surface area (Å²) >= 11 is 6.17. The number of hydrogen-bond acceptors (Lipinski definition) is 5. The lowest BCUT2D eigenvalue weighted by Crippen LogP contribution is -2.48. The second kappa shape index (κ2) is 7.68. The van der Waals surface area contributed by atoms with Crippen molar-refractivity contribution >= 4 is 23.0 Å². The van der Waals surface area contributed by atoms with E-state index in [9.17, 15) is 10.1 Å². The molecule has 0 spiro atoms. The van der Waals surface area contributed by atoms with E-state index in [-0.39, 0.29) is 5.69 Å². The predicted molar refractivity (Wildman–Crippen MR) is 96.8 cm³/mol. The second-order valence-electron chi connectivity index (χ2n) is 6.91. The van der Waals surface area contributed by atoms with E-state index >= 15 is 0 Å². The van der Waals surface area contributed by atoms with E-state index in [1.807, 2.05) is 0 Å². The fraction of sp³-hybridized carbons (Fsp3) is 0.647. The van der Waals surface area contributed by atoms with Gasteiger partial charge in [0.15, 0.2) is 0 Å². The Labute approximate surface area is 147 Å². The van der Waals surface area contributed by atoms with Crippen molar-refractivity contribution in [2.24, 2.45) is 0 Å². The Hall–Kier alpha value is -1.37. The number of hydrogen-bond donors (Lipinski definition) is 1. The topological polar surface area (TPSA) is 61.6 Å². The van der Waals surface area contributed by atoms with Gasteiger partial charge in [0.25, 0.3) is 5.69 Å². The van der Waals surface area contributed by atoms with Gasteiger partial charge in [0, 0.05) is 37.3 Å². The summed E-state index contributed by atoms with van der Waals surface area (Å²) in [5.41, 5.74) is 0.822. The molecule has 2 aliphatic heterocycles. The zero-order valence-corrected chi connectivity index (χ0v) is 14.8. The molecule has 132 valence electrons. The SMILES string of the molecule is CN1CCC(N2CCC(Nc3ccc([N+](=O)[O-])cc3Cl)CC2)CC1. The largest absolute Gasteiger partial charge is 0.381 e. The molecule has 1 aromatic rings. The van der Waals surface area contributed by atoms with Crippen LogP contribution in [0, 0.1) is 10.1 Å². The lowest BCUT2D eigenvalue weighted by Gasteiger charge is -2.41. The molecule has 0 unspecified atom stereocenters. The molecular weight excluding hydrogens is 328 g/mol. The quantitative estimate of drug-likeness (QED) is 0.666. The number of piperidine rings is 2. The van der Waals surface area contributed by atoms with Gasteiger partial charge in [0.1, 0.15) is 0 Å². The predicted octanol–water partition coefficient (Wildman–Crippen LogP) is 3.22. The van der Waals surface area contributed by atoms with Crippen LogP contribution in [0.1, 0.15) is 25.7 Å². The van der Waals surface area contributed by atoms with Gasteiger partial charge in [0.05, 0.1) is 15.6 Å². The molecule has 1 aromatic carbocycles. The fourth-order valence-corrected chi connectivity index (χ4v) is 3.95. The zero-order valence-electron chi connectivity index (χ0n) is 14.1. The molecule has 2 saturated heterocycles. The highest BCUT2D eigenvalue weighted by atomic mass is 35.5. The van der Waals surface area contributed by atoms with E-state index in [4.69, 9.17) is 11.6 Å². The lowest BCUT2D eigenvalue weighted by molar-refractivity contribution is -0.384. The smallest absolute Gasteiger partial charge is 0.271 e. The van der Waals surface area contributed by atoms with Crippen LogP contribution in [0.2, 0.25) is 5.02 Å². The molecule has 7 heteroatoms. The molecule has 0 atom stereocenters. The minimum atomic E-state index is -0.421. The molecule has 2 fully saturated rings.